The molecule has 2 aromatic rings. The van der Waals surface area contributed by atoms with Crippen LogP contribution in [0.1, 0.15) is 0 Å². The quantitative estimate of drug-likeness (QED) is 0.877. The maximum absolute atomic E-state index is 12.6. The second-order valence-electron chi connectivity index (χ2n) is 2.90. The smallest absolute Gasteiger partial charge is 0.302 e. The van der Waals surface area contributed by atoms with Crippen molar-refractivity contribution in [3.63, 3.8) is 0 Å². The average molecular weight is 241 g/mol. The lowest BCUT2D eigenvalue weighted by molar-refractivity contribution is 0.433. The van der Waals surface area contributed by atoms with Gasteiger partial charge in [0.1, 0.15) is 5.75 Å². The molecule has 1 N–H and O–H groups in total. The average Bonchev–Trinajstić information content (AvgIpc) is 2.27. The van der Waals surface area contributed by atoms with Gasteiger partial charge in [0.15, 0.2) is 0 Å². The van der Waals surface area contributed by atoms with Gasteiger partial charge in [0, 0.05) is 0 Å². The van der Waals surface area contributed by atoms with Gasteiger partial charge in [0.05, 0.1) is 11.2 Å². The van der Waals surface area contributed by atoms with Crippen LogP contribution in [0.2, 0.25) is 5.02 Å². The van der Waals surface area contributed by atoms with Gasteiger partial charge in [-0.1, -0.05) is 23.7 Å². The van der Waals surface area contributed by atoms with Crippen LogP contribution in [0.15, 0.2) is 35.3 Å². The van der Waals surface area contributed by atoms with Crippen LogP contribution in [0.4, 0.5) is 4.39 Å². The van der Waals surface area contributed by atoms with Gasteiger partial charge >= 0.3 is 6.01 Å². The SMILES string of the molecule is O=c1[nH]c(Oc2ccccc2Cl)ncc1F. The molecular formula is C10H6ClFN2O2. The maximum atomic E-state index is 12.6. The zero-order valence-corrected chi connectivity index (χ0v) is 8.66. The van der Waals surface area contributed by atoms with Crippen molar-refractivity contribution in [2.45, 2.75) is 0 Å². The van der Waals surface area contributed by atoms with Gasteiger partial charge in [0.2, 0.25) is 5.82 Å². The van der Waals surface area contributed by atoms with Crippen LogP contribution in [0.5, 0.6) is 11.8 Å². The van der Waals surface area contributed by atoms with E-state index in [4.69, 9.17) is 16.3 Å². The lowest BCUT2D eigenvalue weighted by atomic mass is 10.3. The van der Waals surface area contributed by atoms with Crippen molar-refractivity contribution in [1.29, 1.82) is 0 Å². The molecule has 0 fully saturated rings. The second-order valence-corrected chi connectivity index (χ2v) is 3.31. The summed E-state index contributed by atoms with van der Waals surface area (Å²) in [7, 11) is 0. The Bertz CT molecular complexity index is 571. The van der Waals surface area contributed by atoms with Gasteiger partial charge in [-0.15, -0.1) is 0 Å². The Morgan fingerprint density at radius 3 is 2.81 bits per heavy atom. The van der Waals surface area contributed by atoms with Crippen LogP contribution in [-0.4, -0.2) is 9.97 Å². The summed E-state index contributed by atoms with van der Waals surface area (Å²) in [6.45, 7) is 0. The first-order valence-corrected chi connectivity index (χ1v) is 4.72. The number of aromatic nitrogens is 2. The third-order valence-corrected chi connectivity index (χ3v) is 2.09. The molecule has 0 spiro atoms. The largest absolute Gasteiger partial charge is 0.424 e. The minimum absolute atomic E-state index is 0.112. The standard InChI is InChI=1S/C10H6ClFN2O2/c11-6-3-1-2-4-8(6)16-10-13-5-7(12)9(15)14-10/h1-5H,(H,13,14,15). The first-order valence-electron chi connectivity index (χ1n) is 4.34. The predicted octanol–water partition coefficient (Wildman–Crippen LogP) is 2.35. The Balaban J connectivity index is 2.31. The molecule has 0 aliphatic rings. The van der Waals surface area contributed by atoms with E-state index in [9.17, 15) is 9.18 Å². The van der Waals surface area contributed by atoms with Crippen molar-refractivity contribution >= 4 is 11.6 Å². The number of hydrogen-bond donors (Lipinski definition) is 1. The summed E-state index contributed by atoms with van der Waals surface area (Å²) in [4.78, 5) is 16.6. The molecule has 0 aliphatic carbocycles. The highest BCUT2D eigenvalue weighted by Crippen LogP contribution is 2.26. The lowest BCUT2D eigenvalue weighted by Gasteiger charge is -2.04. The minimum atomic E-state index is -0.966. The van der Waals surface area contributed by atoms with Crippen molar-refractivity contribution in [3.05, 3.63) is 51.7 Å². The van der Waals surface area contributed by atoms with Crippen molar-refractivity contribution < 1.29 is 9.13 Å². The van der Waals surface area contributed by atoms with Crippen LogP contribution in [-0.2, 0) is 0 Å². The number of nitrogens with one attached hydrogen (secondary N) is 1. The number of para-hydroxylation sites is 1. The van der Waals surface area contributed by atoms with Crippen LogP contribution in [0.25, 0.3) is 0 Å². The fourth-order valence-corrected chi connectivity index (χ4v) is 1.22. The fraction of sp³-hybridized carbons (Fsp3) is 0. The summed E-state index contributed by atoms with van der Waals surface area (Å²) in [6, 6.07) is 6.56. The normalized spacial score (nSPS) is 10.1. The van der Waals surface area contributed by atoms with Gasteiger partial charge in [0.25, 0.3) is 5.56 Å². The molecule has 0 saturated carbocycles. The molecular weight excluding hydrogens is 235 g/mol. The summed E-state index contributed by atoms with van der Waals surface area (Å²) >= 11 is 5.83. The molecule has 6 heteroatoms. The number of halogens is 2. The number of ether oxygens (including phenoxy) is 1. The monoisotopic (exact) mass is 240 g/mol. The highest BCUT2D eigenvalue weighted by molar-refractivity contribution is 6.32. The van der Waals surface area contributed by atoms with E-state index >= 15 is 0 Å². The molecule has 82 valence electrons. The topological polar surface area (TPSA) is 55.0 Å². The molecule has 0 saturated heterocycles. The van der Waals surface area contributed by atoms with Crippen molar-refractivity contribution in [2.75, 3.05) is 0 Å². The van der Waals surface area contributed by atoms with Crippen LogP contribution in [0, 0.1) is 5.82 Å². The van der Waals surface area contributed by atoms with E-state index in [2.05, 4.69) is 9.97 Å². The van der Waals surface area contributed by atoms with E-state index < -0.39 is 11.4 Å². The molecule has 0 atom stereocenters. The minimum Gasteiger partial charge on any atom is -0.424 e. The van der Waals surface area contributed by atoms with Gasteiger partial charge in [-0.05, 0) is 12.1 Å². The molecule has 16 heavy (non-hydrogen) atoms. The fourth-order valence-electron chi connectivity index (χ4n) is 1.05. The molecule has 0 amide bonds. The van der Waals surface area contributed by atoms with Crippen molar-refractivity contribution in [2.24, 2.45) is 0 Å². The summed E-state index contributed by atoms with van der Waals surface area (Å²) in [5.41, 5.74) is -0.892. The number of rotatable bonds is 2. The third-order valence-electron chi connectivity index (χ3n) is 1.78. The molecule has 0 radical (unpaired) electrons. The van der Waals surface area contributed by atoms with Gasteiger partial charge in [-0.25, -0.2) is 4.98 Å². The first kappa shape index (κ1) is 10.6. The van der Waals surface area contributed by atoms with Crippen molar-refractivity contribution in [3.8, 4) is 11.8 Å². The first-order chi connectivity index (χ1) is 7.66. The number of nitrogens with zero attached hydrogens (tertiary/aromatic N) is 1. The van der Waals surface area contributed by atoms with E-state index in [-0.39, 0.29) is 6.01 Å². The van der Waals surface area contributed by atoms with E-state index in [0.717, 1.165) is 6.20 Å². The van der Waals surface area contributed by atoms with Gasteiger partial charge in [-0.2, -0.15) is 4.39 Å². The highest BCUT2D eigenvalue weighted by Gasteiger charge is 2.05. The molecule has 1 heterocycles. The predicted molar refractivity (Wildman–Crippen MR) is 56.3 cm³/mol. The number of H-pyrrole nitrogens is 1. The maximum Gasteiger partial charge on any atom is 0.302 e. The molecule has 1 aromatic carbocycles. The molecule has 0 bridgehead atoms. The zero-order valence-electron chi connectivity index (χ0n) is 7.91. The zero-order chi connectivity index (χ0) is 11.5. The summed E-state index contributed by atoms with van der Waals surface area (Å²) in [5.74, 6) is -0.634. The molecule has 0 aliphatic heterocycles. The van der Waals surface area contributed by atoms with Crippen molar-refractivity contribution in [1.82, 2.24) is 9.97 Å². The number of aromatic amines is 1. The Morgan fingerprint density at radius 2 is 2.12 bits per heavy atom. The van der Waals surface area contributed by atoms with Crippen LogP contribution >= 0.6 is 11.6 Å². The highest BCUT2D eigenvalue weighted by atomic mass is 35.5. The van der Waals surface area contributed by atoms with E-state index in [0.29, 0.717) is 10.8 Å². The number of benzene rings is 1. The molecule has 0 unspecified atom stereocenters. The summed E-state index contributed by atoms with van der Waals surface area (Å²) in [5, 5.41) is 0.370. The van der Waals surface area contributed by atoms with Crippen LogP contribution < -0.4 is 10.3 Å². The van der Waals surface area contributed by atoms with E-state index in [1.165, 1.54) is 0 Å². The number of hydrogen-bond acceptors (Lipinski definition) is 3. The Kier molecular flexibility index (Phi) is 2.87. The van der Waals surface area contributed by atoms with Gasteiger partial charge < -0.3 is 4.74 Å². The summed E-state index contributed by atoms with van der Waals surface area (Å²) < 4.78 is 17.8. The Hall–Kier alpha value is -1.88. The van der Waals surface area contributed by atoms with Crippen LogP contribution in [0.3, 0.4) is 0 Å². The summed E-state index contributed by atoms with van der Waals surface area (Å²) in [6.07, 6.45) is 0.783. The van der Waals surface area contributed by atoms with E-state index in [1.54, 1.807) is 24.3 Å². The van der Waals surface area contributed by atoms with Gasteiger partial charge in [-0.3, -0.25) is 9.78 Å². The molecule has 2 rings (SSSR count). The van der Waals surface area contributed by atoms with E-state index in [1.807, 2.05) is 0 Å². The third kappa shape index (κ3) is 2.20. The lowest BCUT2D eigenvalue weighted by Crippen LogP contribution is -2.12. The molecule has 1 aromatic heterocycles. The molecule has 4 nitrogen and oxygen atoms in total. The second kappa shape index (κ2) is 4.32. The Labute approximate surface area is 94.7 Å². The Morgan fingerprint density at radius 1 is 1.38 bits per heavy atom.